The Kier molecular flexibility index (Phi) is 28.7. The lowest BCUT2D eigenvalue weighted by Gasteiger charge is -2.17. The van der Waals surface area contributed by atoms with E-state index < -0.39 is 168 Å². The molecule has 34 nitrogen and oxygen atoms in total. The maximum absolute atomic E-state index is 11.9. The summed E-state index contributed by atoms with van der Waals surface area (Å²) in [6.07, 6.45) is -10.5. The van der Waals surface area contributed by atoms with E-state index in [9.17, 15) is 88.8 Å². The van der Waals surface area contributed by atoms with Gasteiger partial charge in [-0.1, -0.05) is 60.3 Å². The molecular weight excluding hydrogens is 1270 g/mol. The first-order chi connectivity index (χ1) is 41.7. The van der Waals surface area contributed by atoms with Crippen LogP contribution in [0.5, 0.6) is 0 Å². The van der Waals surface area contributed by atoms with Crippen LogP contribution in [0.3, 0.4) is 0 Å². The molecule has 4 aromatic rings. The summed E-state index contributed by atoms with van der Waals surface area (Å²) < 4.78 is 34.4. The monoisotopic (exact) mass is 1330 g/mol. The van der Waals surface area contributed by atoms with Gasteiger partial charge < -0.3 is 79.5 Å². The van der Waals surface area contributed by atoms with E-state index in [4.69, 9.17) is 85.0 Å². The highest BCUT2D eigenvalue weighted by Crippen LogP contribution is 2.32. The molecule has 0 spiro atoms. The maximum atomic E-state index is 11.9. The Morgan fingerprint density at radius 1 is 0.420 bits per heavy atom. The van der Waals surface area contributed by atoms with Gasteiger partial charge in [0.15, 0.2) is 24.9 Å². The van der Waals surface area contributed by atoms with Gasteiger partial charge in [0, 0.05) is 60.8 Å². The van der Waals surface area contributed by atoms with Crippen LogP contribution >= 0.6 is 46.4 Å². The zero-order chi connectivity index (χ0) is 66.0. The van der Waals surface area contributed by atoms with Crippen molar-refractivity contribution < 1.29 is 89.1 Å². The van der Waals surface area contributed by atoms with Gasteiger partial charge in [-0.05, 0) is 24.3 Å². The van der Waals surface area contributed by atoms with Crippen LogP contribution < -0.4 is 45.0 Å². The first kappa shape index (κ1) is 73.7. The molecule has 4 saturated heterocycles. The van der Waals surface area contributed by atoms with Crippen molar-refractivity contribution in [3.63, 3.8) is 0 Å². The molecule has 0 bridgehead atoms. The number of aromatic nitrogens is 8. The number of carbonyl (C=O) groups excluding carboxylic acids is 2. The average Bonchev–Trinajstić information content (AvgIpc) is 3.45. The average molecular weight is 1330 g/mol. The molecule has 38 heteroatoms. The minimum absolute atomic E-state index is 0.0633. The zero-order valence-corrected chi connectivity index (χ0v) is 49.3. The van der Waals surface area contributed by atoms with Crippen molar-refractivity contribution in [2.24, 2.45) is 0 Å². The van der Waals surface area contributed by atoms with Gasteiger partial charge in [0.1, 0.15) is 86.5 Å². The van der Waals surface area contributed by atoms with E-state index >= 15 is 0 Å². The summed E-state index contributed by atoms with van der Waals surface area (Å²) in [4.78, 5) is 123. The third-order valence-electron chi connectivity index (χ3n) is 12.7. The molecule has 8 rings (SSSR count). The zero-order valence-electron chi connectivity index (χ0n) is 46.3. The second kappa shape index (κ2) is 34.3. The largest absolute Gasteiger partial charge is 0.463 e. The van der Waals surface area contributed by atoms with Crippen LogP contribution in [0.1, 0.15) is 74.9 Å². The fourth-order valence-corrected chi connectivity index (χ4v) is 8.86. The first-order valence-corrected chi connectivity index (χ1v) is 27.5. The lowest BCUT2D eigenvalue weighted by molar-refractivity contribution is -0.148. The summed E-state index contributed by atoms with van der Waals surface area (Å²) in [6, 6.07) is 0. The first-order valence-electron chi connectivity index (χ1n) is 25.7. The number of aliphatic hydroxyl groups is 10. The summed E-state index contributed by atoms with van der Waals surface area (Å²) in [5.74, 6) is -1.15. The summed E-state index contributed by atoms with van der Waals surface area (Å²) in [7, 11) is 0. The number of aliphatic hydroxyl groups excluding tert-OH is 10. The second-order valence-corrected chi connectivity index (χ2v) is 19.3. The number of H-pyrrole nitrogens is 4. The number of carbonyl (C=O) groups is 2. The smallest absolute Gasteiger partial charge is 0.330 e. The standard InChI is InChI=1S/2C13H15ClN2O7.2C11H13ClN2O6.C2H6/c2*1-6(17)22-5-8-9(18)10(19)12(23-8)16-4-7(2-3-14)11(20)15-13(16)21;2*12-2-1-5-3-14(11(19)13-9(5)18)10-8(17)7(16)6(4-15)20-10;1-2/h2*2-4,8-10,12,18-19H,5H2,1H3,(H,15,20,21);2*1-3,6-8,10,15-17H,4H2,(H,13,18,19);1-2H3/b2*3-2+;2*2-1+;. The number of hydrogen-bond donors (Lipinski definition) is 14. The van der Waals surface area contributed by atoms with Gasteiger partial charge in [0.25, 0.3) is 22.2 Å². The highest BCUT2D eigenvalue weighted by molar-refractivity contribution is 6.27. The SMILES string of the molecule is CC.CC(=O)OCC1OC(n2cc(/C=C/Cl)c(=O)[nH]c2=O)C(O)C1O.CC(=O)OCC1OC(n2cc(/C=C/Cl)c(=O)[nH]c2=O)C(O)C1O.O=c1[nH]c(=O)n(C2OC(CO)C(O)C2O)cc1/C=C/Cl.O=c1[nH]c(=O)n(C2OC(CO)C(O)C2O)cc1/C=C/Cl. The minimum atomic E-state index is -1.45. The van der Waals surface area contributed by atoms with Gasteiger partial charge in [-0.3, -0.25) is 67.0 Å². The van der Waals surface area contributed by atoms with Crippen LogP contribution in [0.25, 0.3) is 24.3 Å². The molecule has 4 fully saturated rings. The molecule has 4 aliphatic rings. The van der Waals surface area contributed by atoms with Crippen molar-refractivity contribution in [1.82, 2.24) is 38.2 Å². The van der Waals surface area contributed by atoms with Crippen molar-refractivity contribution in [2.75, 3.05) is 26.4 Å². The molecule has 16 atom stereocenters. The Hall–Kier alpha value is -6.78. The molecule has 0 amide bonds. The number of ether oxygens (including phenoxy) is 6. The number of hydrogen-bond acceptors (Lipinski definition) is 26. The fourth-order valence-electron chi connectivity index (χ4n) is 8.32. The summed E-state index contributed by atoms with van der Waals surface area (Å²) in [6.45, 7) is 4.79. The van der Waals surface area contributed by atoms with E-state index in [1.165, 1.54) is 38.2 Å². The Bertz CT molecular complexity index is 3400. The molecule has 4 aromatic heterocycles. The Balaban J connectivity index is 0.000000249. The molecule has 4 aliphatic heterocycles. The van der Waals surface area contributed by atoms with E-state index in [0.29, 0.717) is 0 Å². The quantitative estimate of drug-likeness (QED) is 0.0530. The highest BCUT2D eigenvalue weighted by atomic mass is 35.5. The minimum Gasteiger partial charge on any atom is -0.463 e. The van der Waals surface area contributed by atoms with Crippen LogP contribution in [-0.4, -0.2) is 201 Å². The van der Waals surface area contributed by atoms with Crippen LogP contribution in [0.4, 0.5) is 0 Å². The predicted molar refractivity (Wildman–Crippen MR) is 307 cm³/mol. The molecular formula is C50H62Cl4N8O26. The number of nitrogens with zero attached hydrogens (tertiary/aromatic N) is 4. The van der Waals surface area contributed by atoms with Crippen LogP contribution in [0.15, 0.2) is 85.3 Å². The van der Waals surface area contributed by atoms with Crippen LogP contribution in [-0.2, 0) is 38.0 Å². The van der Waals surface area contributed by atoms with E-state index in [1.54, 1.807) is 0 Å². The molecule has 88 heavy (non-hydrogen) atoms. The van der Waals surface area contributed by atoms with Crippen LogP contribution in [0.2, 0.25) is 0 Å². The lowest BCUT2D eigenvalue weighted by Crippen LogP contribution is -2.38. The normalized spacial score (nSPS) is 28.2. The highest BCUT2D eigenvalue weighted by Gasteiger charge is 2.47. The summed E-state index contributed by atoms with van der Waals surface area (Å²) in [5.41, 5.74) is -1.23. The van der Waals surface area contributed by atoms with Crippen molar-refractivity contribution in [2.45, 2.75) is 126 Å². The molecule has 0 radical (unpaired) electrons. The molecule has 8 heterocycles. The molecule has 0 aliphatic carbocycles. The number of aromatic amines is 4. The molecule has 14 N–H and O–H groups in total. The van der Waals surface area contributed by atoms with Crippen LogP contribution in [0, 0.1) is 0 Å². The van der Waals surface area contributed by atoms with E-state index in [0.717, 1.165) is 65.2 Å². The van der Waals surface area contributed by atoms with Gasteiger partial charge in [-0.25, -0.2) is 19.2 Å². The predicted octanol–water partition coefficient (Wildman–Crippen LogP) is -4.40. The number of nitrogens with one attached hydrogen (secondary N) is 4. The lowest BCUT2D eigenvalue weighted by atomic mass is 10.1. The second-order valence-electron chi connectivity index (χ2n) is 18.3. The van der Waals surface area contributed by atoms with Gasteiger partial charge in [0.05, 0.1) is 35.5 Å². The Labute approximate surface area is 512 Å². The topological polar surface area (TPSA) is 511 Å². The molecule has 16 unspecified atom stereocenters. The number of esters is 2. The third kappa shape index (κ3) is 18.2. The van der Waals surface area contributed by atoms with E-state index in [2.05, 4.69) is 9.97 Å². The third-order valence-corrected chi connectivity index (χ3v) is 13.2. The van der Waals surface area contributed by atoms with Crippen molar-refractivity contribution in [3.8, 4) is 0 Å². The van der Waals surface area contributed by atoms with Gasteiger partial charge in [-0.15, -0.1) is 0 Å². The van der Waals surface area contributed by atoms with Crippen molar-refractivity contribution in [3.05, 3.63) is 153 Å². The molecule has 0 aromatic carbocycles. The summed E-state index contributed by atoms with van der Waals surface area (Å²) in [5, 5.41) is 97.0. The molecule has 486 valence electrons. The number of rotatable bonds is 14. The Morgan fingerprint density at radius 3 is 0.807 bits per heavy atom. The Morgan fingerprint density at radius 2 is 0.625 bits per heavy atom. The number of halogens is 4. The summed E-state index contributed by atoms with van der Waals surface area (Å²) >= 11 is 21.6. The van der Waals surface area contributed by atoms with Gasteiger partial charge in [0.2, 0.25) is 0 Å². The van der Waals surface area contributed by atoms with Gasteiger partial charge in [-0.2, -0.15) is 0 Å². The fraction of sp³-hybridized carbons (Fsp3) is 0.480. The van der Waals surface area contributed by atoms with Crippen molar-refractivity contribution >= 4 is 82.6 Å². The van der Waals surface area contributed by atoms with E-state index in [1.807, 2.05) is 23.8 Å². The van der Waals surface area contributed by atoms with E-state index in [-0.39, 0.29) is 35.5 Å². The molecule has 0 saturated carbocycles. The maximum Gasteiger partial charge on any atom is 0.330 e. The van der Waals surface area contributed by atoms with Gasteiger partial charge >= 0.3 is 34.7 Å². The van der Waals surface area contributed by atoms with Crippen molar-refractivity contribution in [1.29, 1.82) is 0 Å².